The van der Waals surface area contributed by atoms with E-state index in [2.05, 4.69) is 91.0 Å². The van der Waals surface area contributed by atoms with Gasteiger partial charge in [-0.1, -0.05) is 90.5 Å². The number of benzene rings is 4. The summed E-state index contributed by atoms with van der Waals surface area (Å²) < 4.78 is 0. The van der Waals surface area contributed by atoms with E-state index in [9.17, 15) is 0 Å². The molecule has 0 amide bonds. The van der Waals surface area contributed by atoms with Crippen molar-refractivity contribution in [2.24, 2.45) is 0 Å². The molecule has 0 N–H and O–H groups in total. The molecule has 0 aliphatic heterocycles. The quantitative estimate of drug-likeness (QED) is 0.393. The van der Waals surface area contributed by atoms with E-state index in [1.54, 1.807) is 5.57 Å². The molecular weight excluding hydrogens is 288 g/mol. The van der Waals surface area contributed by atoms with Crippen LogP contribution in [0.3, 0.4) is 0 Å². The Kier molecular flexibility index (Phi) is 3.02. The molecule has 1 aliphatic carbocycles. The molecule has 0 spiro atoms. The highest BCUT2D eigenvalue weighted by Crippen LogP contribution is 2.48. The smallest absolute Gasteiger partial charge is 0.00895 e. The molecule has 0 nitrogen and oxygen atoms in total. The van der Waals surface area contributed by atoms with E-state index >= 15 is 0 Å². The van der Waals surface area contributed by atoms with E-state index in [1.807, 2.05) is 0 Å². The summed E-state index contributed by atoms with van der Waals surface area (Å²) in [6, 6.07) is 30.8. The number of hydrogen-bond acceptors (Lipinski definition) is 0. The van der Waals surface area contributed by atoms with Crippen LogP contribution in [-0.2, 0) is 0 Å². The van der Waals surface area contributed by atoms with Gasteiger partial charge in [-0.05, 0) is 45.2 Å². The summed E-state index contributed by atoms with van der Waals surface area (Å²) in [6.07, 6.45) is 3.55. The predicted molar refractivity (Wildman–Crippen MR) is 103 cm³/mol. The van der Waals surface area contributed by atoms with Crippen molar-refractivity contribution in [2.75, 3.05) is 0 Å². The standard InChI is InChI=1S/C24H18/c1-3-7-20-13-17(9-10-18(20)5-1)14-23-16-24(23)22-12-11-19-6-2-4-8-21(19)15-22/h1-15,24H,16H2/b23-14+. The van der Waals surface area contributed by atoms with E-state index in [0.29, 0.717) is 5.92 Å². The van der Waals surface area contributed by atoms with Gasteiger partial charge in [0.1, 0.15) is 0 Å². The first-order valence-electron chi connectivity index (χ1n) is 8.55. The zero-order chi connectivity index (χ0) is 15.9. The summed E-state index contributed by atoms with van der Waals surface area (Å²) >= 11 is 0. The Labute approximate surface area is 142 Å². The maximum Gasteiger partial charge on any atom is 0.00895 e. The third-order valence-corrected chi connectivity index (χ3v) is 5.03. The maximum absolute atomic E-state index is 2.37. The Morgan fingerprint density at radius 1 is 0.625 bits per heavy atom. The van der Waals surface area contributed by atoms with Gasteiger partial charge in [0, 0.05) is 5.92 Å². The summed E-state index contributed by atoms with van der Waals surface area (Å²) in [5.74, 6) is 0.598. The molecular formula is C24H18. The van der Waals surface area contributed by atoms with Crippen LogP contribution in [0.15, 0.2) is 90.5 Å². The third-order valence-electron chi connectivity index (χ3n) is 5.03. The van der Waals surface area contributed by atoms with Gasteiger partial charge < -0.3 is 0 Å². The fourth-order valence-corrected chi connectivity index (χ4v) is 3.60. The van der Waals surface area contributed by atoms with Crippen molar-refractivity contribution in [1.82, 2.24) is 0 Å². The minimum absolute atomic E-state index is 0.598. The van der Waals surface area contributed by atoms with Gasteiger partial charge in [0.15, 0.2) is 0 Å². The normalized spacial score (nSPS) is 18.3. The van der Waals surface area contributed by atoms with E-state index in [-0.39, 0.29) is 0 Å². The van der Waals surface area contributed by atoms with E-state index in [4.69, 9.17) is 0 Å². The minimum Gasteiger partial charge on any atom is -0.0616 e. The van der Waals surface area contributed by atoms with E-state index in [1.165, 1.54) is 39.1 Å². The van der Waals surface area contributed by atoms with Crippen LogP contribution in [0.5, 0.6) is 0 Å². The molecule has 0 bridgehead atoms. The van der Waals surface area contributed by atoms with E-state index < -0.39 is 0 Å². The average Bonchev–Trinajstić information content (AvgIpc) is 3.40. The van der Waals surface area contributed by atoms with Gasteiger partial charge >= 0.3 is 0 Å². The largest absolute Gasteiger partial charge is 0.0616 e. The zero-order valence-corrected chi connectivity index (χ0v) is 13.4. The van der Waals surface area contributed by atoms with Crippen LogP contribution < -0.4 is 0 Å². The molecule has 0 radical (unpaired) electrons. The Morgan fingerprint density at radius 3 is 2.00 bits per heavy atom. The third kappa shape index (κ3) is 2.41. The predicted octanol–water partition coefficient (Wildman–Crippen LogP) is 6.56. The summed E-state index contributed by atoms with van der Waals surface area (Å²) in [6.45, 7) is 0. The molecule has 24 heavy (non-hydrogen) atoms. The second kappa shape index (κ2) is 5.35. The Bertz CT molecular complexity index is 1090. The first-order chi connectivity index (χ1) is 11.9. The molecule has 4 aromatic rings. The molecule has 1 atom stereocenters. The summed E-state index contributed by atoms with van der Waals surface area (Å²) in [5.41, 5.74) is 4.30. The SMILES string of the molecule is C(=C1/CC1c1ccc2ccccc2c1)/c1ccc2ccccc2c1. The molecule has 1 aliphatic rings. The van der Waals surface area contributed by atoms with Crippen molar-refractivity contribution in [3.8, 4) is 0 Å². The number of fused-ring (bicyclic) bond motifs is 2. The topological polar surface area (TPSA) is 0 Å². The van der Waals surface area contributed by atoms with Crippen LogP contribution in [0.25, 0.3) is 27.6 Å². The van der Waals surface area contributed by atoms with Crippen LogP contribution in [0.2, 0.25) is 0 Å². The molecule has 5 rings (SSSR count). The maximum atomic E-state index is 2.37. The van der Waals surface area contributed by atoms with Crippen molar-refractivity contribution in [1.29, 1.82) is 0 Å². The molecule has 4 aromatic carbocycles. The monoisotopic (exact) mass is 306 g/mol. The molecule has 0 heterocycles. The highest BCUT2D eigenvalue weighted by atomic mass is 14.3. The van der Waals surface area contributed by atoms with Gasteiger partial charge in [-0.15, -0.1) is 0 Å². The van der Waals surface area contributed by atoms with Crippen molar-refractivity contribution in [3.63, 3.8) is 0 Å². The van der Waals surface area contributed by atoms with Gasteiger partial charge in [-0.2, -0.15) is 0 Å². The Balaban J connectivity index is 1.46. The first kappa shape index (κ1) is 13.6. The van der Waals surface area contributed by atoms with Crippen molar-refractivity contribution >= 4 is 27.6 Å². The molecule has 114 valence electrons. The lowest BCUT2D eigenvalue weighted by molar-refractivity contribution is 1.17. The van der Waals surface area contributed by atoms with Gasteiger partial charge in [-0.25, -0.2) is 0 Å². The highest BCUT2D eigenvalue weighted by molar-refractivity contribution is 5.86. The van der Waals surface area contributed by atoms with Crippen molar-refractivity contribution < 1.29 is 0 Å². The highest BCUT2D eigenvalue weighted by Gasteiger charge is 2.31. The second-order valence-corrected chi connectivity index (χ2v) is 6.69. The summed E-state index contributed by atoms with van der Waals surface area (Å²) in [7, 11) is 0. The molecule has 0 aromatic heterocycles. The fourth-order valence-electron chi connectivity index (χ4n) is 3.60. The zero-order valence-electron chi connectivity index (χ0n) is 13.4. The minimum atomic E-state index is 0.598. The Morgan fingerprint density at radius 2 is 1.25 bits per heavy atom. The second-order valence-electron chi connectivity index (χ2n) is 6.69. The van der Waals surface area contributed by atoms with E-state index in [0.717, 1.165) is 0 Å². The molecule has 1 fully saturated rings. The molecule has 0 saturated heterocycles. The lowest BCUT2D eigenvalue weighted by Gasteiger charge is -2.02. The summed E-state index contributed by atoms with van der Waals surface area (Å²) in [5, 5.41) is 5.28. The lowest BCUT2D eigenvalue weighted by atomic mass is 10.0. The van der Waals surface area contributed by atoms with Gasteiger partial charge in [0.25, 0.3) is 0 Å². The average molecular weight is 306 g/mol. The lowest BCUT2D eigenvalue weighted by Crippen LogP contribution is -1.80. The van der Waals surface area contributed by atoms with Gasteiger partial charge in [0.05, 0.1) is 0 Å². The molecule has 1 saturated carbocycles. The van der Waals surface area contributed by atoms with Crippen molar-refractivity contribution in [2.45, 2.75) is 12.3 Å². The molecule has 0 heteroatoms. The number of hydrogen-bond donors (Lipinski definition) is 0. The fraction of sp³-hybridized carbons (Fsp3) is 0.0833. The van der Waals surface area contributed by atoms with Crippen LogP contribution in [0.4, 0.5) is 0 Å². The van der Waals surface area contributed by atoms with Gasteiger partial charge in [0.2, 0.25) is 0 Å². The van der Waals surface area contributed by atoms with Crippen LogP contribution in [-0.4, -0.2) is 0 Å². The van der Waals surface area contributed by atoms with Crippen LogP contribution in [0, 0.1) is 0 Å². The molecule has 1 unspecified atom stereocenters. The van der Waals surface area contributed by atoms with Gasteiger partial charge in [-0.3, -0.25) is 0 Å². The number of allylic oxidation sites excluding steroid dienone is 1. The van der Waals surface area contributed by atoms with Crippen LogP contribution >= 0.6 is 0 Å². The first-order valence-corrected chi connectivity index (χ1v) is 8.55. The van der Waals surface area contributed by atoms with Crippen molar-refractivity contribution in [3.05, 3.63) is 102 Å². The Hall–Kier alpha value is -2.86. The van der Waals surface area contributed by atoms with Crippen LogP contribution in [0.1, 0.15) is 23.5 Å². The summed E-state index contributed by atoms with van der Waals surface area (Å²) in [4.78, 5) is 0. The number of rotatable bonds is 2.